The van der Waals surface area contributed by atoms with Crippen molar-refractivity contribution in [2.45, 2.75) is 31.0 Å². The SMILES string of the molecule is OCc1cc([S+]2CCCC2)cc(CO)c1O. The summed E-state index contributed by atoms with van der Waals surface area (Å²) < 4.78 is 0. The molecule has 1 aromatic rings. The fraction of sp³-hybridized carbons (Fsp3) is 0.500. The molecule has 1 heterocycles. The quantitative estimate of drug-likeness (QED) is 0.696. The van der Waals surface area contributed by atoms with Gasteiger partial charge in [-0.15, -0.1) is 0 Å². The molecule has 0 bridgehead atoms. The molecule has 1 saturated heterocycles. The molecule has 2 rings (SSSR count). The molecule has 0 saturated carbocycles. The van der Waals surface area contributed by atoms with Gasteiger partial charge >= 0.3 is 0 Å². The molecule has 1 aromatic carbocycles. The molecule has 0 aromatic heterocycles. The fourth-order valence-electron chi connectivity index (χ4n) is 2.03. The first-order chi connectivity index (χ1) is 7.76. The van der Waals surface area contributed by atoms with Crippen LogP contribution in [0.4, 0.5) is 0 Å². The summed E-state index contributed by atoms with van der Waals surface area (Å²) in [7, 11) is 0.244. The van der Waals surface area contributed by atoms with Gasteiger partial charge in [0.05, 0.1) is 13.2 Å². The zero-order chi connectivity index (χ0) is 11.5. The van der Waals surface area contributed by atoms with E-state index in [-0.39, 0.29) is 29.9 Å². The number of benzene rings is 1. The monoisotopic (exact) mass is 241 g/mol. The first kappa shape index (κ1) is 11.8. The number of hydrogen-bond donors (Lipinski definition) is 3. The van der Waals surface area contributed by atoms with E-state index < -0.39 is 0 Å². The van der Waals surface area contributed by atoms with E-state index in [4.69, 9.17) is 10.2 Å². The van der Waals surface area contributed by atoms with Crippen LogP contribution in [-0.4, -0.2) is 26.8 Å². The lowest BCUT2D eigenvalue weighted by Crippen LogP contribution is -2.06. The highest BCUT2D eigenvalue weighted by Gasteiger charge is 2.28. The Morgan fingerprint density at radius 3 is 1.94 bits per heavy atom. The standard InChI is InChI=1S/C12H16O3S/c13-7-9-5-11(16-3-1-2-4-16)6-10(8-14)12(9)15/h5-6,13-14H,1-4,7-8H2/p+1. The van der Waals surface area contributed by atoms with Gasteiger partial charge in [0.1, 0.15) is 17.3 Å². The van der Waals surface area contributed by atoms with Crippen molar-refractivity contribution >= 4 is 10.9 Å². The molecule has 3 nitrogen and oxygen atoms in total. The Hall–Kier alpha value is -0.710. The lowest BCUT2D eigenvalue weighted by Gasteiger charge is -2.09. The molecule has 0 spiro atoms. The van der Waals surface area contributed by atoms with Crippen LogP contribution in [0.2, 0.25) is 0 Å². The summed E-state index contributed by atoms with van der Waals surface area (Å²) in [4.78, 5) is 1.17. The summed E-state index contributed by atoms with van der Waals surface area (Å²) in [6, 6.07) is 3.76. The lowest BCUT2D eigenvalue weighted by molar-refractivity contribution is 0.263. The number of hydrogen-bond acceptors (Lipinski definition) is 3. The van der Waals surface area contributed by atoms with E-state index in [2.05, 4.69) is 0 Å². The number of phenols is 1. The lowest BCUT2D eigenvalue weighted by atomic mass is 10.1. The van der Waals surface area contributed by atoms with Crippen LogP contribution < -0.4 is 0 Å². The van der Waals surface area contributed by atoms with Gasteiger partial charge in [0.2, 0.25) is 0 Å². The number of aromatic hydroxyl groups is 1. The minimum atomic E-state index is -0.177. The Balaban J connectivity index is 2.37. The van der Waals surface area contributed by atoms with Crippen molar-refractivity contribution < 1.29 is 15.3 Å². The molecule has 1 aliphatic rings. The average Bonchev–Trinajstić information content (AvgIpc) is 2.83. The third-order valence-corrected chi connectivity index (χ3v) is 5.41. The topological polar surface area (TPSA) is 60.7 Å². The third-order valence-electron chi connectivity index (χ3n) is 2.95. The maximum atomic E-state index is 9.74. The molecule has 1 aliphatic heterocycles. The Morgan fingerprint density at radius 1 is 1.00 bits per heavy atom. The Bertz CT molecular complexity index is 348. The molecular formula is C12H17O3S+. The molecule has 0 amide bonds. The zero-order valence-corrected chi connectivity index (χ0v) is 9.96. The van der Waals surface area contributed by atoms with E-state index in [0.717, 1.165) is 0 Å². The second kappa shape index (κ2) is 5.08. The average molecular weight is 241 g/mol. The smallest absolute Gasteiger partial charge is 0.155 e. The summed E-state index contributed by atoms with van der Waals surface area (Å²) in [6.45, 7) is -0.353. The van der Waals surface area contributed by atoms with Crippen molar-refractivity contribution in [3.05, 3.63) is 23.3 Å². The van der Waals surface area contributed by atoms with Crippen LogP contribution >= 0.6 is 0 Å². The van der Waals surface area contributed by atoms with Gasteiger partial charge in [-0.2, -0.15) is 0 Å². The van der Waals surface area contributed by atoms with Crippen LogP contribution in [0.15, 0.2) is 17.0 Å². The van der Waals surface area contributed by atoms with Crippen LogP contribution in [0, 0.1) is 0 Å². The van der Waals surface area contributed by atoms with E-state index in [9.17, 15) is 5.11 Å². The molecule has 16 heavy (non-hydrogen) atoms. The van der Waals surface area contributed by atoms with Crippen LogP contribution in [0.1, 0.15) is 24.0 Å². The van der Waals surface area contributed by atoms with Gasteiger partial charge in [-0.3, -0.25) is 0 Å². The predicted octanol–water partition coefficient (Wildman–Crippen LogP) is 1.15. The minimum absolute atomic E-state index is 0.0385. The second-order valence-electron chi connectivity index (χ2n) is 4.01. The van der Waals surface area contributed by atoms with Crippen LogP contribution in [0.3, 0.4) is 0 Å². The predicted molar refractivity (Wildman–Crippen MR) is 64.6 cm³/mol. The van der Waals surface area contributed by atoms with Gasteiger partial charge in [0.15, 0.2) is 4.90 Å². The highest BCUT2D eigenvalue weighted by atomic mass is 32.2. The second-order valence-corrected chi connectivity index (χ2v) is 6.29. The van der Waals surface area contributed by atoms with Crippen LogP contribution in [-0.2, 0) is 24.1 Å². The van der Waals surface area contributed by atoms with Crippen LogP contribution in [0.25, 0.3) is 0 Å². The van der Waals surface area contributed by atoms with Crippen molar-refractivity contribution in [1.29, 1.82) is 0 Å². The highest BCUT2D eigenvalue weighted by molar-refractivity contribution is 7.97. The molecule has 0 unspecified atom stereocenters. The largest absolute Gasteiger partial charge is 0.507 e. The highest BCUT2D eigenvalue weighted by Crippen LogP contribution is 2.30. The van der Waals surface area contributed by atoms with E-state index in [1.54, 1.807) is 0 Å². The van der Waals surface area contributed by atoms with Gasteiger partial charge in [-0.1, -0.05) is 0 Å². The molecule has 0 radical (unpaired) electrons. The number of rotatable bonds is 3. The minimum Gasteiger partial charge on any atom is -0.507 e. The maximum absolute atomic E-state index is 9.74. The molecule has 1 fully saturated rings. The van der Waals surface area contributed by atoms with Gasteiger partial charge in [-0.25, -0.2) is 0 Å². The van der Waals surface area contributed by atoms with Crippen molar-refractivity contribution in [1.82, 2.24) is 0 Å². The van der Waals surface area contributed by atoms with Crippen LogP contribution in [0.5, 0.6) is 5.75 Å². The normalized spacial score (nSPS) is 16.9. The Morgan fingerprint density at radius 2 is 1.50 bits per heavy atom. The summed E-state index contributed by atoms with van der Waals surface area (Å²) >= 11 is 0. The van der Waals surface area contributed by atoms with E-state index >= 15 is 0 Å². The Kier molecular flexibility index (Phi) is 3.74. The first-order valence-corrected chi connectivity index (χ1v) is 7.06. The molecule has 88 valence electrons. The summed E-state index contributed by atoms with van der Waals surface area (Å²) in [6.07, 6.45) is 2.51. The number of aliphatic hydroxyl groups excluding tert-OH is 2. The van der Waals surface area contributed by atoms with E-state index in [1.807, 2.05) is 12.1 Å². The van der Waals surface area contributed by atoms with Gasteiger partial charge in [-0.05, 0) is 12.8 Å². The van der Waals surface area contributed by atoms with Crippen molar-refractivity contribution in [2.75, 3.05) is 11.5 Å². The fourth-order valence-corrected chi connectivity index (χ4v) is 4.42. The van der Waals surface area contributed by atoms with E-state index in [1.165, 1.54) is 29.2 Å². The maximum Gasteiger partial charge on any atom is 0.155 e. The Labute approximate surface area is 98.1 Å². The first-order valence-electron chi connectivity index (χ1n) is 5.50. The van der Waals surface area contributed by atoms with Crippen molar-refractivity contribution in [2.24, 2.45) is 0 Å². The van der Waals surface area contributed by atoms with E-state index in [0.29, 0.717) is 11.1 Å². The summed E-state index contributed by atoms with van der Waals surface area (Å²) in [5.74, 6) is 2.43. The number of aliphatic hydroxyl groups is 2. The third kappa shape index (κ3) is 2.19. The molecule has 0 aliphatic carbocycles. The molecule has 0 atom stereocenters. The van der Waals surface area contributed by atoms with Gasteiger partial charge < -0.3 is 15.3 Å². The summed E-state index contributed by atoms with van der Waals surface area (Å²) in [5, 5.41) is 28.1. The summed E-state index contributed by atoms with van der Waals surface area (Å²) in [5.41, 5.74) is 1.06. The molecule has 4 heteroatoms. The van der Waals surface area contributed by atoms with Gasteiger partial charge in [0.25, 0.3) is 0 Å². The van der Waals surface area contributed by atoms with Crippen molar-refractivity contribution in [3.63, 3.8) is 0 Å². The zero-order valence-electron chi connectivity index (χ0n) is 9.15. The molecular weight excluding hydrogens is 224 g/mol. The van der Waals surface area contributed by atoms with Gasteiger partial charge in [0, 0.05) is 34.2 Å². The van der Waals surface area contributed by atoms with Crippen molar-refractivity contribution in [3.8, 4) is 5.75 Å². The molecule has 3 N–H and O–H groups in total.